The molecule has 10 aromatic heterocycles. The number of hydrogen-bond acceptors (Lipinski definition) is 28. The minimum Gasteiger partial charge on any atom is -0.480 e. The highest BCUT2D eigenvalue weighted by atomic mass is 79.9. The van der Waals surface area contributed by atoms with Crippen LogP contribution < -0.4 is 16.1 Å². The molecule has 2 fully saturated rings. The minimum absolute atomic E-state index is 0. The first kappa shape index (κ1) is 103. The molecular weight excluding hydrogens is 1930 g/mol. The SMILES string of the molecule is CC(=O)c1nn(CC(=O)O)c2ccc(-c3cnc4c(c3)ncn4C)cc12.CC(=O)c1nn(CC(=O)OC(C)(C)C)c2ccc(-c3cnc4c(c3)ncn4C)cc12.CC(=O)c1nn(CC(=O)OC(C)(C)C)c2ccc(B3OC(C)(C)C(C)(C)O3)cc12.Cl.Cn1cnc2cc(Br)cnc21.O=C(Nc1cccc(Br)n1)[C@@H]1C[C@@H](F)CN1.S.S=S.S=S=S.S=S=S=S. The zero-order valence-electron chi connectivity index (χ0n) is 69.2. The molecule has 30 nitrogen and oxygen atoms in total. The predicted molar refractivity (Wildman–Crippen MR) is 511 cm³/mol. The standard InChI is InChI=1S/C22H23N5O3.C21H29BN2O5.C18H15N5O3.C10H11BrFN3O.C7H6BrN3.ClH.S4.S3.S2.H2S/c1-13(28)20-16-8-14(15-9-17-21(23-10-15)26(5)12-24-17)6-7-18(16)27(25-20)11-19(29)30-22(2,3)4;1-13(25)18-15-11-14(22-28-20(5,6)21(7,8)29-22)9-10-16(15)24(23-18)12-17(26)27-19(2,3)4;1-10(24)17-13-5-11(3-4-15(13)23(21-17)8-16(25)26)12-6-14-18(19-7-12)22(2)9-20-14;11-8-2-1-3-9(14-8)15-10(16)7-4-6(12)5-13-7;1-11-4-10-6-2-5(8)3-9-7(6)11;;1-3-4-2;1-3-2;1-2;/h6-10,12H,11H2,1-5H3;9-11H,12H2,1-8H3;3-7,9H,8H2,1-2H3,(H,25,26);1-3,6-7,13H,4-5H2,(H,14,15,16);2-4H,1H3;1H;;;;1H2/t;;;6-,7+;;;;;;/m...1....../s1. The summed E-state index contributed by atoms with van der Waals surface area (Å²) in [5, 5.41) is 29.4. The van der Waals surface area contributed by atoms with Gasteiger partial charge in [0.1, 0.15) is 81.1 Å². The second-order valence-corrected chi connectivity index (χ2v) is 37.1. The number of amides is 1. The molecule has 2 saturated heterocycles. The number of carboxylic acids is 1. The van der Waals surface area contributed by atoms with Crippen LogP contribution in [0.3, 0.4) is 0 Å². The van der Waals surface area contributed by atoms with Gasteiger partial charge in [-0.1, -0.05) is 30.3 Å². The molecule has 13 aromatic rings. The first-order valence-electron chi connectivity index (χ1n) is 36.5. The van der Waals surface area contributed by atoms with Gasteiger partial charge in [0.25, 0.3) is 0 Å². The van der Waals surface area contributed by atoms with Gasteiger partial charge in [-0.05, 0) is 178 Å². The molecule has 0 spiro atoms. The Morgan fingerprint density at radius 1 is 0.585 bits per heavy atom. The van der Waals surface area contributed by atoms with Crippen LogP contribution in [0, 0.1) is 0 Å². The second kappa shape index (κ2) is 45.5. The van der Waals surface area contributed by atoms with Gasteiger partial charge in [0.2, 0.25) is 5.91 Å². The number of rotatable bonds is 14. The number of ether oxygens (including phenoxy) is 2. The lowest BCUT2D eigenvalue weighted by atomic mass is 9.78. The van der Waals surface area contributed by atoms with Crippen LogP contribution in [0.1, 0.15) is 128 Å². The topological polar surface area (TPSA) is 359 Å². The highest BCUT2D eigenvalue weighted by Gasteiger charge is 2.52. The quantitative estimate of drug-likeness (QED) is 0.0394. The number of aryl methyl sites for hydroxylation is 3. The number of hydrogen-bond donors (Lipinski definition) is 3. The lowest BCUT2D eigenvalue weighted by Gasteiger charge is -2.32. The highest BCUT2D eigenvalue weighted by Crippen LogP contribution is 2.38. The van der Waals surface area contributed by atoms with E-state index in [2.05, 4.69) is 160 Å². The van der Waals surface area contributed by atoms with Crippen LogP contribution in [0.25, 0.3) is 88.5 Å². The number of carbonyl (C=O) groups excluding carboxylic acids is 6. The number of benzene rings is 3. The Hall–Kier alpha value is -8.58. The summed E-state index contributed by atoms with van der Waals surface area (Å²) in [5.74, 6) is -2.17. The number of aromatic nitrogens is 16. The van der Waals surface area contributed by atoms with E-state index in [9.17, 15) is 38.0 Å². The Morgan fingerprint density at radius 2 is 0.976 bits per heavy atom. The van der Waals surface area contributed by atoms with Gasteiger partial charge in [-0.15, -0.1) is 12.4 Å². The van der Waals surface area contributed by atoms with E-state index in [4.69, 9.17) is 23.9 Å². The monoisotopic (exact) mass is 2010 g/mol. The fraction of sp³-hybridized carbons (Fsp3) is 0.346. The van der Waals surface area contributed by atoms with Gasteiger partial charge in [0.15, 0.2) is 34.3 Å². The maximum Gasteiger partial charge on any atom is 0.494 e. The summed E-state index contributed by atoms with van der Waals surface area (Å²) in [6.45, 7) is 23.0. The van der Waals surface area contributed by atoms with Crippen molar-refractivity contribution >= 4 is 277 Å². The van der Waals surface area contributed by atoms with Crippen molar-refractivity contribution < 1.29 is 61.8 Å². The normalized spacial score (nSPS) is 14.0. The fourth-order valence-electron chi connectivity index (χ4n) is 12.2. The van der Waals surface area contributed by atoms with Crippen LogP contribution in [-0.4, -0.2) is 172 Å². The number of esters is 2. The van der Waals surface area contributed by atoms with Crippen molar-refractivity contribution in [3.05, 3.63) is 155 Å². The third-order valence-electron chi connectivity index (χ3n) is 18.2. The van der Waals surface area contributed by atoms with Crippen molar-refractivity contribution in [2.75, 3.05) is 11.9 Å². The van der Waals surface area contributed by atoms with Crippen molar-refractivity contribution in [3.8, 4) is 22.3 Å². The zero-order chi connectivity index (χ0) is 89.3. The molecule has 12 heterocycles. The Morgan fingerprint density at radius 3 is 1.35 bits per heavy atom. The first-order valence-corrected chi connectivity index (χ1v) is 46.1. The van der Waals surface area contributed by atoms with Gasteiger partial charge in [0.05, 0.1) is 52.8 Å². The van der Waals surface area contributed by atoms with E-state index >= 15 is 0 Å². The summed E-state index contributed by atoms with van der Waals surface area (Å²) >= 11 is 30.8. The number of pyridine rings is 4. The number of nitrogens with zero attached hydrogens (tertiary/aromatic N) is 16. The van der Waals surface area contributed by atoms with E-state index in [0.29, 0.717) is 54.5 Å². The van der Waals surface area contributed by atoms with Crippen LogP contribution in [0.4, 0.5) is 10.2 Å². The number of carbonyl (C=O) groups is 7. The Bertz CT molecular complexity index is 6180. The van der Waals surface area contributed by atoms with Crippen molar-refractivity contribution in [1.82, 2.24) is 83.2 Å². The third-order valence-corrected chi connectivity index (χ3v) is 21.3. The molecule has 2 atom stereocenters. The second-order valence-electron chi connectivity index (χ2n) is 30.1. The number of nitrogens with one attached hydrogen (secondary N) is 2. The Labute approximate surface area is 776 Å². The number of alkyl halides is 1. The number of imidazole rings is 3. The van der Waals surface area contributed by atoms with Gasteiger partial charge in [-0.25, -0.2) is 39.3 Å². The smallest absolute Gasteiger partial charge is 0.480 e. The van der Waals surface area contributed by atoms with E-state index in [0.717, 1.165) is 74.6 Å². The number of fused-ring (bicyclic) bond motifs is 6. The highest BCUT2D eigenvalue weighted by molar-refractivity contribution is 9.10. The van der Waals surface area contributed by atoms with Gasteiger partial charge in [-0.2, -0.15) is 28.8 Å². The molecule has 123 heavy (non-hydrogen) atoms. The van der Waals surface area contributed by atoms with Crippen LogP contribution in [0.15, 0.2) is 138 Å². The molecule has 0 saturated carbocycles. The number of aliphatic carboxylic acids is 1. The molecule has 45 heteroatoms. The van der Waals surface area contributed by atoms with E-state index in [-0.39, 0.29) is 87.5 Å². The largest absolute Gasteiger partial charge is 0.494 e. The Balaban J connectivity index is 0.000000238. The minimum atomic E-state index is -1.02. The van der Waals surface area contributed by atoms with Gasteiger partial charge in [-0.3, -0.25) is 47.6 Å². The summed E-state index contributed by atoms with van der Waals surface area (Å²) in [6, 6.07) is 27.3. The van der Waals surface area contributed by atoms with Crippen LogP contribution in [-0.2, 0) is 173 Å². The molecule has 2 aliphatic heterocycles. The molecular formula is C78H87BBr2ClFN18O12S10. The van der Waals surface area contributed by atoms with Gasteiger partial charge >= 0.3 is 25.0 Å². The average molecular weight is 2010 g/mol. The molecule has 0 radical (unpaired) electrons. The number of ketones is 3. The molecule has 0 aliphatic carbocycles. The van der Waals surface area contributed by atoms with Crippen molar-refractivity contribution in [1.29, 1.82) is 0 Å². The molecule has 0 bridgehead atoms. The van der Waals surface area contributed by atoms with Crippen molar-refractivity contribution in [3.63, 3.8) is 0 Å². The molecule has 3 aromatic carbocycles. The van der Waals surface area contributed by atoms with Crippen molar-refractivity contribution in [2.45, 2.75) is 151 Å². The molecule has 652 valence electrons. The molecule has 3 N–H and O–H groups in total. The summed E-state index contributed by atoms with van der Waals surface area (Å²) in [7, 11) is 8.42. The van der Waals surface area contributed by atoms with Gasteiger partial charge in [0, 0.05) is 199 Å². The molecule has 2 aliphatic rings. The van der Waals surface area contributed by atoms with E-state index in [1.54, 1.807) is 61.8 Å². The van der Waals surface area contributed by atoms with Crippen molar-refractivity contribution in [2.24, 2.45) is 21.1 Å². The lowest BCUT2D eigenvalue weighted by Crippen LogP contribution is -2.41. The third kappa shape index (κ3) is 27.7. The molecule has 1 amide bonds. The van der Waals surface area contributed by atoms with E-state index < -0.39 is 59.6 Å². The van der Waals surface area contributed by atoms with Crippen LogP contribution >= 0.6 is 57.8 Å². The summed E-state index contributed by atoms with van der Waals surface area (Å²) in [5.41, 5.74) is 10.0. The zero-order valence-corrected chi connectivity index (χ0v) is 81.5. The fourth-order valence-corrected chi connectivity index (χ4v) is 12.9. The van der Waals surface area contributed by atoms with E-state index in [1.165, 1.54) is 52.6 Å². The van der Waals surface area contributed by atoms with Gasteiger partial charge < -0.3 is 48.2 Å². The summed E-state index contributed by atoms with van der Waals surface area (Å²) < 4.78 is 47.4. The molecule has 0 unspecified atom stereocenters. The molecule has 15 rings (SSSR count). The maximum atomic E-state index is 12.9. The average Bonchev–Trinajstić information content (AvgIpc) is 1.61. The summed E-state index contributed by atoms with van der Waals surface area (Å²) in [6.07, 6.45) is 9.76. The lowest BCUT2D eigenvalue weighted by molar-refractivity contribution is -0.156. The number of halogens is 4. The van der Waals surface area contributed by atoms with Crippen LogP contribution in [0.2, 0.25) is 0 Å². The number of Topliss-reactive ketones (excluding diaryl/α,β-unsaturated/α-hetero) is 3. The van der Waals surface area contributed by atoms with E-state index in [1.807, 2.05) is 171 Å². The Kier molecular flexibility index (Phi) is 38.2. The number of anilines is 1. The van der Waals surface area contributed by atoms with Crippen LogP contribution in [0.5, 0.6) is 0 Å². The maximum absolute atomic E-state index is 12.9. The summed E-state index contributed by atoms with van der Waals surface area (Å²) in [4.78, 5) is 114. The predicted octanol–water partition coefficient (Wildman–Crippen LogP) is 12.4. The first-order chi connectivity index (χ1) is 57.0. The number of carboxylic acid groups (broad SMARTS) is 1.